The molecule has 4 rings (SSSR count). The maximum atomic E-state index is 13.5. The molecule has 1 saturated carbocycles. The fourth-order valence-corrected chi connectivity index (χ4v) is 4.89. The topological polar surface area (TPSA) is 68.1 Å². The van der Waals surface area contributed by atoms with Crippen LogP contribution in [0.4, 0.5) is 32.3 Å². The largest absolute Gasteiger partial charge is 0.416 e. The van der Waals surface area contributed by atoms with E-state index in [9.17, 15) is 26.3 Å². The van der Waals surface area contributed by atoms with Crippen molar-refractivity contribution in [3.05, 3.63) is 59.0 Å². The molecule has 1 aliphatic carbocycles. The molecule has 2 fully saturated rings. The number of benzene rings is 1. The first-order valence-electron chi connectivity index (χ1n) is 11.7. The van der Waals surface area contributed by atoms with Crippen molar-refractivity contribution in [3.63, 3.8) is 0 Å². The van der Waals surface area contributed by atoms with Gasteiger partial charge in [0.15, 0.2) is 0 Å². The molecule has 1 aliphatic heterocycles. The van der Waals surface area contributed by atoms with Gasteiger partial charge in [0.1, 0.15) is 0 Å². The molecular formula is C25H28F6N6. The summed E-state index contributed by atoms with van der Waals surface area (Å²) in [4.78, 5) is 12.2. The fourth-order valence-electron chi connectivity index (χ4n) is 4.89. The van der Waals surface area contributed by atoms with Crippen LogP contribution < -0.4 is 10.2 Å². The lowest BCUT2D eigenvalue weighted by molar-refractivity contribution is -0.143. The van der Waals surface area contributed by atoms with E-state index in [1.807, 2.05) is 0 Å². The van der Waals surface area contributed by atoms with Crippen molar-refractivity contribution in [2.75, 3.05) is 25.5 Å². The van der Waals surface area contributed by atoms with Crippen molar-refractivity contribution in [1.82, 2.24) is 20.2 Å². The monoisotopic (exact) mass is 526 g/mol. The molecule has 1 unspecified atom stereocenters. The fraction of sp³-hybridized carbons (Fsp3) is 0.480. The number of allylic oxidation sites excluding steroid dienone is 1. The first kappa shape index (κ1) is 26.9. The van der Waals surface area contributed by atoms with E-state index in [1.165, 1.54) is 12.4 Å². The second-order valence-corrected chi connectivity index (χ2v) is 10.0. The summed E-state index contributed by atoms with van der Waals surface area (Å²) in [6, 6.07) is 1.41. The van der Waals surface area contributed by atoms with Crippen LogP contribution in [0.5, 0.6) is 0 Å². The predicted molar refractivity (Wildman–Crippen MR) is 128 cm³/mol. The van der Waals surface area contributed by atoms with Crippen molar-refractivity contribution in [2.24, 2.45) is 5.92 Å². The van der Waals surface area contributed by atoms with Gasteiger partial charge in [-0.25, -0.2) is 9.97 Å². The minimum Gasteiger partial charge on any atom is -0.383 e. The molecule has 1 spiro atoms. The van der Waals surface area contributed by atoms with E-state index in [2.05, 4.69) is 22.2 Å². The summed E-state index contributed by atoms with van der Waals surface area (Å²) in [7, 11) is 3.60. The summed E-state index contributed by atoms with van der Waals surface area (Å²) < 4.78 is 80.7. The van der Waals surface area contributed by atoms with Gasteiger partial charge in [0.25, 0.3) is 0 Å². The van der Waals surface area contributed by atoms with Crippen LogP contribution in [0.3, 0.4) is 0 Å². The van der Waals surface area contributed by atoms with Crippen molar-refractivity contribution in [1.29, 1.82) is 5.41 Å². The summed E-state index contributed by atoms with van der Waals surface area (Å²) in [5.74, 6) is 0.625. The van der Waals surface area contributed by atoms with Crippen LogP contribution in [0.15, 0.2) is 36.8 Å². The standard InChI is InChI=1S/C25H28F6N6/c1-15-7-23(15)8-21(12-35-23)37(22-33-10-18(11-34-22)17(9-32)14-36(2)3)13-16-4-19(24(26,27)28)6-20(5-16)25(29,30)31/h4-6,9-11,14-15,21,32,35H,7-8,12-13H2,1-3H3/b17-14+,32-9?/t15-,21+,23?/m1/s1. The van der Waals surface area contributed by atoms with E-state index in [0.717, 1.165) is 24.8 Å². The predicted octanol–water partition coefficient (Wildman–Crippen LogP) is 5.21. The average molecular weight is 527 g/mol. The third kappa shape index (κ3) is 5.89. The zero-order valence-electron chi connectivity index (χ0n) is 20.6. The number of rotatable bonds is 7. The smallest absolute Gasteiger partial charge is 0.383 e. The Bertz CT molecular complexity index is 1140. The highest BCUT2D eigenvalue weighted by Gasteiger charge is 2.56. The lowest BCUT2D eigenvalue weighted by Gasteiger charge is -2.29. The molecule has 0 amide bonds. The Morgan fingerprint density at radius 3 is 2.05 bits per heavy atom. The highest BCUT2D eigenvalue weighted by atomic mass is 19.4. The highest BCUT2D eigenvalue weighted by Crippen LogP contribution is 2.50. The maximum absolute atomic E-state index is 13.5. The van der Waals surface area contributed by atoms with Gasteiger partial charge in [0.05, 0.1) is 11.1 Å². The van der Waals surface area contributed by atoms with E-state index < -0.39 is 23.5 Å². The maximum Gasteiger partial charge on any atom is 0.416 e. The van der Waals surface area contributed by atoms with Gasteiger partial charge < -0.3 is 20.5 Å². The lowest BCUT2D eigenvalue weighted by atomic mass is 10.0. The van der Waals surface area contributed by atoms with Gasteiger partial charge >= 0.3 is 12.4 Å². The Labute approximate surface area is 210 Å². The van der Waals surface area contributed by atoms with E-state index in [1.54, 1.807) is 30.1 Å². The Hall–Kier alpha value is -3.15. The van der Waals surface area contributed by atoms with E-state index in [-0.39, 0.29) is 35.7 Å². The zero-order chi connectivity index (χ0) is 27.2. The minimum atomic E-state index is -4.93. The van der Waals surface area contributed by atoms with Gasteiger partial charge in [-0.1, -0.05) is 6.92 Å². The van der Waals surface area contributed by atoms with Crippen molar-refractivity contribution >= 4 is 17.7 Å². The number of alkyl halides is 6. The summed E-state index contributed by atoms with van der Waals surface area (Å²) in [5.41, 5.74) is -1.81. The quantitative estimate of drug-likeness (QED) is 0.383. The van der Waals surface area contributed by atoms with Gasteiger partial charge in [0, 0.05) is 74.7 Å². The summed E-state index contributed by atoms with van der Waals surface area (Å²) in [5, 5.41) is 11.1. The molecule has 2 aromatic rings. The van der Waals surface area contributed by atoms with Crippen molar-refractivity contribution < 1.29 is 26.3 Å². The Morgan fingerprint density at radius 1 is 1.05 bits per heavy atom. The molecule has 1 aromatic heterocycles. The van der Waals surface area contributed by atoms with E-state index in [0.29, 0.717) is 30.0 Å². The molecule has 200 valence electrons. The van der Waals surface area contributed by atoms with E-state index in [4.69, 9.17) is 5.41 Å². The molecule has 1 aromatic carbocycles. The van der Waals surface area contributed by atoms with Gasteiger partial charge in [-0.15, -0.1) is 0 Å². The molecule has 37 heavy (non-hydrogen) atoms. The van der Waals surface area contributed by atoms with Crippen LogP contribution in [0.2, 0.25) is 0 Å². The molecule has 3 atom stereocenters. The second-order valence-electron chi connectivity index (χ2n) is 10.0. The number of aromatic nitrogens is 2. The number of hydrogen-bond donors (Lipinski definition) is 2. The average Bonchev–Trinajstić information content (AvgIpc) is 3.24. The third-order valence-electron chi connectivity index (χ3n) is 6.97. The van der Waals surface area contributed by atoms with Gasteiger partial charge in [0.2, 0.25) is 5.95 Å². The number of anilines is 1. The Morgan fingerprint density at radius 2 is 1.62 bits per heavy atom. The summed E-state index contributed by atoms with van der Waals surface area (Å²) in [6.07, 6.45) is -2.36. The van der Waals surface area contributed by atoms with Crippen LogP contribution in [0, 0.1) is 11.3 Å². The number of hydrogen-bond acceptors (Lipinski definition) is 6. The molecule has 2 aliphatic rings. The molecular weight excluding hydrogens is 498 g/mol. The molecule has 0 radical (unpaired) electrons. The van der Waals surface area contributed by atoms with Gasteiger partial charge in [-0.2, -0.15) is 26.3 Å². The molecule has 2 heterocycles. The van der Waals surface area contributed by atoms with E-state index >= 15 is 0 Å². The molecule has 6 nitrogen and oxygen atoms in total. The van der Waals surface area contributed by atoms with Crippen LogP contribution >= 0.6 is 0 Å². The normalized spacial score (nSPS) is 23.9. The number of nitrogens with one attached hydrogen (secondary N) is 2. The SMILES string of the molecule is C[C@@H]1CC12C[C@H](N(Cc1cc(C(F)(F)F)cc(C(F)(F)F)c1)c1ncc(/C(C=N)=C/N(C)C)cn1)CN2. The molecule has 1 saturated heterocycles. The first-order chi connectivity index (χ1) is 17.2. The minimum absolute atomic E-state index is 0.0738. The second kappa shape index (κ2) is 9.62. The molecule has 0 bridgehead atoms. The highest BCUT2D eigenvalue weighted by molar-refractivity contribution is 6.07. The molecule has 12 heteroatoms. The van der Waals surface area contributed by atoms with Crippen LogP contribution in [-0.4, -0.2) is 53.3 Å². The van der Waals surface area contributed by atoms with Crippen LogP contribution in [0.25, 0.3) is 5.57 Å². The van der Waals surface area contributed by atoms with Crippen LogP contribution in [0.1, 0.15) is 42.0 Å². The zero-order valence-corrected chi connectivity index (χ0v) is 20.6. The number of nitrogens with zero attached hydrogens (tertiary/aromatic N) is 4. The number of halogens is 6. The van der Waals surface area contributed by atoms with Crippen molar-refractivity contribution in [2.45, 2.75) is 50.2 Å². The lowest BCUT2D eigenvalue weighted by Crippen LogP contribution is -2.37. The Balaban J connectivity index is 1.71. The van der Waals surface area contributed by atoms with Gasteiger partial charge in [-0.05, 0) is 42.5 Å². The summed E-state index contributed by atoms with van der Waals surface area (Å²) in [6.45, 7) is 2.38. The Kier molecular flexibility index (Phi) is 7.00. The van der Waals surface area contributed by atoms with Gasteiger partial charge in [-0.3, -0.25) is 0 Å². The molecule has 2 N–H and O–H groups in total. The van der Waals surface area contributed by atoms with Crippen molar-refractivity contribution in [3.8, 4) is 0 Å². The third-order valence-corrected chi connectivity index (χ3v) is 6.97. The van der Waals surface area contributed by atoms with Crippen LogP contribution in [-0.2, 0) is 18.9 Å². The summed E-state index contributed by atoms with van der Waals surface area (Å²) >= 11 is 0. The first-order valence-corrected chi connectivity index (χ1v) is 11.7.